The molecule has 0 saturated heterocycles. The Labute approximate surface area is 113 Å². The first kappa shape index (κ1) is 12.3. The van der Waals surface area contributed by atoms with Crippen molar-refractivity contribution in [3.63, 3.8) is 0 Å². The molecule has 2 heterocycles. The number of H-pyrrole nitrogens is 1. The van der Waals surface area contributed by atoms with Crippen LogP contribution in [0.25, 0.3) is 22.5 Å². The van der Waals surface area contributed by atoms with Crippen LogP contribution in [0.4, 0.5) is 14.6 Å². The number of pyridine rings is 1. The van der Waals surface area contributed by atoms with Gasteiger partial charge in [0.05, 0.1) is 23.1 Å². The van der Waals surface area contributed by atoms with Crippen LogP contribution in [0.15, 0.2) is 42.6 Å². The number of hydrogen-bond acceptors (Lipinski definition) is 3. The van der Waals surface area contributed by atoms with Crippen molar-refractivity contribution < 1.29 is 8.78 Å². The van der Waals surface area contributed by atoms with Gasteiger partial charge < -0.3 is 5.73 Å². The molecule has 6 heteroatoms. The van der Waals surface area contributed by atoms with E-state index in [1.54, 1.807) is 12.1 Å². The molecular weight excluding hydrogens is 262 g/mol. The molecule has 0 aliphatic carbocycles. The van der Waals surface area contributed by atoms with Gasteiger partial charge in [-0.15, -0.1) is 0 Å². The monoisotopic (exact) mass is 272 g/mol. The van der Waals surface area contributed by atoms with E-state index in [2.05, 4.69) is 15.2 Å². The van der Waals surface area contributed by atoms with Gasteiger partial charge in [-0.05, 0) is 29.8 Å². The predicted octanol–water partition coefficient (Wildman–Crippen LogP) is 3.00. The summed E-state index contributed by atoms with van der Waals surface area (Å²) in [5.74, 6) is -0.487. The van der Waals surface area contributed by atoms with E-state index >= 15 is 0 Å². The van der Waals surface area contributed by atoms with Crippen molar-refractivity contribution in [2.75, 3.05) is 5.73 Å². The maximum Gasteiger partial charge on any atom is 0.153 e. The Kier molecular flexibility index (Phi) is 2.90. The first-order valence-electron chi connectivity index (χ1n) is 5.87. The van der Waals surface area contributed by atoms with Crippen LogP contribution in [-0.4, -0.2) is 15.2 Å². The zero-order valence-electron chi connectivity index (χ0n) is 10.3. The first-order chi connectivity index (χ1) is 9.65. The molecule has 3 rings (SSSR count). The lowest BCUT2D eigenvalue weighted by Gasteiger charge is -2.04. The smallest absolute Gasteiger partial charge is 0.153 e. The molecule has 0 radical (unpaired) electrons. The highest BCUT2D eigenvalue weighted by Gasteiger charge is 2.15. The number of halogens is 2. The Balaban J connectivity index is 2.14. The van der Waals surface area contributed by atoms with Gasteiger partial charge in [-0.3, -0.25) is 10.1 Å². The van der Waals surface area contributed by atoms with Crippen LogP contribution in [0.2, 0.25) is 0 Å². The fraction of sp³-hybridized carbons (Fsp3) is 0. The van der Waals surface area contributed by atoms with Crippen molar-refractivity contribution in [1.29, 1.82) is 0 Å². The molecule has 1 aromatic carbocycles. The van der Waals surface area contributed by atoms with Gasteiger partial charge in [0.15, 0.2) is 5.82 Å². The largest absolute Gasteiger partial charge is 0.382 e. The summed E-state index contributed by atoms with van der Waals surface area (Å²) in [5.41, 5.74) is 8.24. The lowest BCUT2D eigenvalue weighted by atomic mass is 10.0. The number of hydrogen-bond donors (Lipinski definition) is 2. The van der Waals surface area contributed by atoms with Gasteiger partial charge in [0.1, 0.15) is 11.6 Å². The Morgan fingerprint density at radius 3 is 2.30 bits per heavy atom. The van der Waals surface area contributed by atoms with Gasteiger partial charge in [-0.1, -0.05) is 12.1 Å². The van der Waals surface area contributed by atoms with Crippen molar-refractivity contribution in [1.82, 2.24) is 15.2 Å². The number of nitrogen functional groups attached to an aromatic ring is 1. The van der Waals surface area contributed by atoms with E-state index in [0.717, 1.165) is 6.20 Å². The van der Waals surface area contributed by atoms with Crippen LogP contribution in [0.1, 0.15) is 0 Å². The van der Waals surface area contributed by atoms with Crippen molar-refractivity contribution in [2.24, 2.45) is 0 Å². The van der Waals surface area contributed by atoms with E-state index in [9.17, 15) is 8.78 Å². The minimum absolute atomic E-state index is 0.276. The number of aromatic amines is 1. The Bertz CT molecular complexity index is 733. The summed E-state index contributed by atoms with van der Waals surface area (Å²) >= 11 is 0. The van der Waals surface area contributed by atoms with Crippen LogP contribution in [0.5, 0.6) is 0 Å². The molecule has 0 spiro atoms. The van der Waals surface area contributed by atoms with E-state index in [1.165, 1.54) is 24.3 Å². The highest BCUT2D eigenvalue weighted by molar-refractivity contribution is 5.86. The lowest BCUT2D eigenvalue weighted by Crippen LogP contribution is -1.90. The first-order valence-corrected chi connectivity index (χ1v) is 5.87. The highest BCUT2D eigenvalue weighted by Crippen LogP contribution is 2.33. The van der Waals surface area contributed by atoms with Gasteiger partial charge in [-0.25, -0.2) is 8.78 Å². The van der Waals surface area contributed by atoms with Gasteiger partial charge >= 0.3 is 0 Å². The Morgan fingerprint density at radius 2 is 1.65 bits per heavy atom. The normalized spacial score (nSPS) is 10.7. The molecule has 0 saturated carbocycles. The minimum atomic E-state index is -0.426. The van der Waals surface area contributed by atoms with E-state index in [0.29, 0.717) is 22.5 Å². The molecular formula is C14H10F2N4. The summed E-state index contributed by atoms with van der Waals surface area (Å²) in [7, 11) is 0. The van der Waals surface area contributed by atoms with Crippen LogP contribution < -0.4 is 5.73 Å². The standard InChI is InChI=1S/C14H10F2N4/c15-9-3-1-8(2-4-9)12-13(19-20-14(12)17)11-6-5-10(16)7-18-11/h1-7H,(H3,17,19,20). The maximum absolute atomic E-state index is 13.0. The van der Waals surface area contributed by atoms with E-state index in [1.807, 2.05) is 0 Å². The third-order valence-electron chi connectivity index (χ3n) is 2.91. The summed E-state index contributed by atoms with van der Waals surface area (Å²) < 4.78 is 25.9. The number of benzene rings is 1. The van der Waals surface area contributed by atoms with Gasteiger partial charge in [0.2, 0.25) is 0 Å². The average molecular weight is 272 g/mol. The summed E-state index contributed by atoms with van der Waals surface area (Å²) in [6, 6.07) is 8.70. The van der Waals surface area contributed by atoms with E-state index < -0.39 is 5.82 Å². The third kappa shape index (κ3) is 2.11. The van der Waals surface area contributed by atoms with Crippen molar-refractivity contribution >= 4 is 5.82 Å². The highest BCUT2D eigenvalue weighted by atomic mass is 19.1. The predicted molar refractivity (Wildman–Crippen MR) is 71.6 cm³/mol. The number of rotatable bonds is 2. The molecule has 0 atom stereocenters. The van der Waals surface area contributed by atoms with Crippen molar-refractivity contribution in [2.45, 2.75) is 0 Å². The number of aromatic nitrogens is 3. The molecule has 0 fully saturated rings. The quantitative estimate of drug-likeness (QED) is 0.753. The average Bonchev–Trinajstić information content (AvgIpc) is 2.83. The fourth-order valence-corrected chi connectivity index (χ4v) is 1.97. The van der Waals surface area contributed by atoms with Crippen LogP contribution in [0.3, 0.4) is 0 Å². The van der Waals surface area contributed by atoms with Gasteiger partial charge in [0.25, 0.3) is 0 Å². The molecule has 0 aliphatic rings. The zero-order valence-corrected chi connectivity index (χ0v) is 10.3. The van der Waals surface area contributed by atoms with E-state index in [-0.39, 0.29) is 11.6 Å². The Hall–Kier alpha value is -2.76. The number of nitrogens with zero attached hydrogens (tertiary/aromatic N) is 2. The lowest BCUT2D eigenvalue weighted by molar-refractivity contribution is 0.621. The summed E-state index contributed by atoms with van der Waals surface area (Å²) in [6.45, 7) is 0. The summed E-state index contributed by atoms with van der Waals surface area (Å²) in [6.07, 6.45) is 1.11. The van der Waals surface area contributed by atoms with Crippen molar-refractivity contribution in [3.05, 3.63) is 54.2 Å². The van der Waals surface area contributed by atoms with Crippen LogP contribution >= 0.6 is 0 Å². The Morgan fingerprint density at radius 1 is 0.950 bits per heavy atom. The molecule has 0 unspecified atom stereocenters. The molecule has 0 bridgehead atoms. The molecule has 0 aliphatic heterocycles. The number of anilines is 1. The van der Waals surface area contributed by atoms with Crippen LogP contribution in [-0.2, 0) is 0 Å². The minimum Gasteiger partial charge on any atom is -0.382 e. The topological polar surface area (TPSA) is 67.6 Å². The van der Waals surface area contributed by atoms with E-state index in [4.69, 9.17) is 5.73 Å². The molecule has 4 nitrogen and oxygen atoms in total. The molecule has 3 aromatic rings. The second kappa shape index (κ2) is 4.73. The van der Waals surface area contributed by atoms with Crippen LogP contribution in [0, 0.1) is 11.6 Å². The molecule has 20 heavy (non-hydrogen) atoms. The SMILES string of the molecule is Nc1n[nH]c(-c2ccc(F)cn2)c1-c1ccc(F)cc1. The third-order valence-corrected chi connectivity index (χ3v) is 2.91. The molecule has 0 amide bonds. The second-order valence-electron chi connectivity index (χ2n) is 4.23. The van der Waals surface area contributed by atoms with Gasteiger partial charge in [-0.2, -0.15) is 5.10 Å². The molecule has 3 N–H and O–H groups in total. The second-order valence-corrected chi connectivity index (χ2v) is 4.23. The summed E-state index contributed by atoms with van der Waals surface area (Å²) in [5, 5.41) is 6.71. The van der Waals surface area contributed by atoms with Crippen molar-refractivity contribution in [3.8, 4) is 22.5 Å². The fourth-order valence-electron chi connectivity index (χ4n) is 1.97. The number of nitrogens with one attached hydrogen (secondary N) is 1. The molecule has 100 valence electrons. The maximum atomic E-state index is 13.0. The zero-order chi connectivity index (χ0) is 14.1. The molecule has 2 aromatic heterocycles. The number of nitrogens with two attached hydrogens (primary N) is 1. The summed E-state index contributed by atoms with van der Waals surface area (Å²) in [4.78, 5) is 3.99. The van der Waals surface area contributed by atoms with Gasteiger partial charge in [0, 0.05) is 0 Å².